The van der Waals surface area contributed by atoms with E-state index in [-0.39, 0.29) is 18.0 Å². The Morgan fingerprint density at radius 1 is 1.50 bits per heavy atom. The third-order valence-corrected chi connectivity index (χ3v) is 3.17. The zero-order valence-corrected chi connectivity index (χ0v) is 12.2. The quantitative estimate of drug-likeness (QED) is 0.857. The van der Waals surface area contributed by atoms with Crippen LogP contribution >= 0.6 is 0 Å². The molecule has 0 aliphatic rings. The van der Waals surface area contributed by atoms with E-state index < -0.39 is 5.82 Å². The van der Waals surface area contributed by atoms with E-state index in [0.717, 1.165) is 6.42 Å². The molecular formula is C16H21FN2O. The Labute approximate surface area is 120 Å². The monoisotopic (exact) mass is 276 g/mol. The van der Waals surface area contributed by atoms with Crippen LogP contribution in [0, 0.1) is 23.6 Å². The summed E-state index contributed by atoms with van der Waals surface area (Å²) in [4.78, 5) is 14.0. The van der Waals surface area contributed by atoms with Crippen molar-refractivity contribution < 1.29 is 9.18 Å². The average molecular weight is 276 g/mol. The molecule has 1 rings (SSSR count). The lowest BCUT2D eigenvalue weighted by atomic mass is 10.0. The number of halogens is 1. The van der Waals surface area contributed by atoms with Gasteiger partial charge in [0.05, 0.1) is 12.1 Å². The normalized spacial score (nSPS) is 11.4. The van der Waals surface area contributed by atoms with Gasteiger partial charge in [0.15, 0.2) is 0 Å². The molecule has 0 saturated heterocycles. The summed E-state index contributed by atoms with van der Waals surface area (Å²) in [6.07, 6.45) is 0.987. The van der Waals surface area contributed by atoms with Gasteiger partial charge in [0, 0.05) is 19.2 Å². The second-order valence-electron chi connectivity index (χ2n) is 4.89. The van der Waals surface area contributed by atoms with Crippen LogP contribution in [0.15, 0.2) is 18.2 Å². The summed E-state index contributed by atoms with van der Waals surface area (Å²) < 4.78 is 13.4. The summed E-state index contributed by atoms with van der Waals surface area (Å²) in [5.74, 6) is 5.25. The molecule has 0 aliphatic carbocycles. The van der Waals surface area contributed by atoms with Gasteiger partial charge in [-0.2, -0.15) is 0 Å². The van der Waals surface area contributed by atoms with Crippen molar-refractivity contribution in [2.75, 3.05) is 20.1 Å². The minimum Gasteiger partial charge on any atom is -0.341 e. The van der Waals surface area contributed by atoms with E-state index in [0.29, 0.717) is 18.0 Å². The van der Waals surface area contributed by atoms with Crippen molar-refractivity contribution in [3.8, 4) is 11.8 Å². The van der Waals surface area contributed by atoms with Gasteiger partial charge in [0.1, 0.15) is 5.82 Å². The minimum atomic E-state index is -0.441. The van der Waals surface area contributed by atoms with E-state index in [1.54, 1.807) is 11.9 Å². The molecule has 1 unspecified atom stereocenters. The molecule has 20 heavy (non-hydrogen) atoms. The second kappa shape index (κ2) is 7.66. The van der Waals surface area contributed by atoms with Crippen molar-refractivity contribution in [2.24, 2.45) is 11.7 Å². The lowest BCUT2D eigenvalue weighted by Crippen LogP contribution is -2.31. The topological polar surface area (TPSA) is 46.3 Å². The lowest BCUT2D eigenvalue weighted by Gasteiger charge is -2.21. The number of rotatable bonds is 4. The Kier molecular flexibility index (Phi) is 6.20. The van der Waals surface area contributed by atoms with Gasteiger partial charge in [0.25, 0.3) is 5.91 Å². The summed E-state index contributed by atoms with van der Waals surface area (Å²) in [6, 6.07) is 4.05. The molecular weight excluding hydrogens is 255 g/mol. The van der Waals surface area contributed by atoms with Crippen molar-refractivity contribution in [2.45, 2.75) is 20.3 Å². The Morgan fingerprint density at radius 3 is 2.80 bits per heavy atom. The fourth-order valence-corrected chi connectivity index (χ4v) is 1.83. The molecule has 0 radical (unpaired) electrons. The van der Waals surface area contributed by atoms with Crippen LogP contribution in [-0.2, 0) is 0 Å². The van der Waals surface area contributed by atoms with E-state index in [2.05, 4.69) is 25.7 Å². The molecule has 1 atom stereocenters. The molecule has 4 heteroatoms. The summed E-state index contributed by atoms with van der Waals surface area (Å²) in [7, 11) is 1.72. The number of hydrogen-bond donors (Lipinski definition) is 1. The van der Waals surface area contributed by atoms with Gasteiger partial charge in [-0.15, -0.1) is 0 Å². The van der Waals surface area contributed by atoms with Crippen LogP contribution in [0.5, 0.6) is 0 Å². The highest BCUT2D eigenvalue weighted by atomic mass is 19.1. The minimum absolute atomic E-state index is 0.202. The number of nitrogens with two attached hydrogens (primary N) is 1. The molecule has 2 N–H and O–H groups in total. The van der Waals surface area contributed by atoms with Crippen LogP contribution in [0.3, 0.4) is 0 Å². The average Bonchev–Trinajstić information content (AvgIpc) is 2.44. The molecule has 3 nitrogen and oxygen atoms in total. The van der Waals surface area contributed by atoms with Crippen LogP contribution in [-0.4, -0.2) is 30.9 Å². The summed E-state index contributed by atoms with van der Waals surface area (Å²) in [5, 5.41) is 0. The standard InChI is InChI=1S/C16H21FN2O/c1-4-12(2)11-19(3)16(20)15-10-14(17)8-7-13(15)6-5-9-18/h7-8,10,12H,4,9,11,18H2,1-3H3. The number of hydrogen-bond acceptors (Lipinski definition) is 2. The van der Waals surface area contributed by atoms with E-state index in [1.165, 1.54) is 18.2 Å². The van der Waals surface area contributed by atoms with E-state index in [4.69, 9.17) is 5.73 Å². The van der Waals surface area contributed by atoms with Crippen molar-refractivity contribution >= 4 is 5.91 Å². The van der Waals surface area contributed by atoms with E-state index in [9.17, 15) is 9.18 Å². The van der Waals surface area contributed by atoms with E-state index in [1.807, 2.05) is 0 Å². The highest BCUT2D eigenvalue weighted by Crippen LogP contribution is 2.14. The molecule has 0 saturated carbocycles. The van der Waals surface area contributed by atoms with Crippen LogP contribution in [0.2, 0.25) is 0 Å². The molecule has 1 amide bonds. The molecule has 0 fully saturated rings. The summed E-state index contributed by atoms with van der Waals surface area (Å²) in [6.45, 7) is 4.98. The third-order valence-electron chi connectivity index (χ3n) is 3.17. The zero-order chi connectivity index (χ0) is 15.1. The first-order valence-corrected chi connectivity index (χ1v) is 6.73. The van der Waals surface area contributed by atoms with Gasteiger partial charge < -0.3 is 10.6 Å². The number of amides is 1. The first-order valence-electron chi connectivity index (χ1n) is 6.73. The van der Waals surface area contributed by atoms with Crippen molar-refractivity contribution in [3.05, 3.63) is 35.1 Å². The summed E-state index contributed by atoms with van der Waals surface area (Å²) in [5.41, 5.74) is 6.13. The molecule has 0 heterocycles. The lowest BCUT2D eigenvalue weighted by molar-refractivity contribution is 0.0774. The van der Waals surface area contributed by atoms with Crippen LogP contribution in [0.4, 0.5) is 4.39 Å². The van der Waals surface area contributed by atoms with E-state index >= 15 is 0 Å². The fourth-order valence-electron chi connectivity index (χ4n) is 1.83. The third kappa shape index (κ3) is 4.36. The maximum absolute atomic E-state index is 13.4. The van der Waals surface area contributed by atoms with Gasteiger partial charge in [-0.05, 0) is 24.1 Å². The SMILES string of the molecule is CCC(C)CN(C)C(=O)c1cc(F)ccc1C#CCN. The molecule has 0 aliphatic heterocycles. The molecule has 0 aromatic heterocycles. The van der Waals surface area contributed by atoms with Gasteiger partial charge in [-0.1, -0.05) is 32.1 Å². The molecule has 1 aromatic rings. The van der Waals surface area contributed by atoms with Crippen LogP contribution < -0.4 is 5.73 Å². The maximum atomic E-state index is 13.4. The Hall–Kier alpha value is -1.86. The Morgan fingerprint density at radius 2 is 2.20 bits per heavy atom. The van der Waals surface area contributed by atoms with Crippen molar-refractivity contribution in [1.82, 2.24) is 4.90 Å². The van der Waals surface area contributed by atoms with Gasteiger partial charge in [0.2, 0.25) is 0 Å². The largest absolute Gasteiger partial charge is 0.341 e. The van der Waals surface area contributed by atoms with Gasteiger partial charge in [-0.3, -0.25) is 4.79 Å². The fraction of sp³-hybridized carbons (Fsp3) is 0.438. The smallest absolute Gasteiger partial charge is 0.254 e. The number of carbonyl (C=O) groups is 1. The molecule has 108 valence electrons. The molecule has 1 aromatic carbocycles. The van der Waals surface area contributed by atoms with Crippen LogP contribution in [0.1, 0.15) is 36.2 Å². The highest BCUT2D eigenvalue weighted by Gasteiger charge is 2.17. The highest BCUT2D eigenvalue weighted by molar-refractivity contribution is 5.96. The second-order valence-corrected chi connectivity index (χ2v) is 4.89. The maximum Gasteiger partial charge on any atom is 0.254 e. The Balaban J connectivity index is 3.04. The first-order chi connectivity index (χ1) is 9.49. The van der Waals surface area contributed by atoms with Gasteiger partial charge >= 0.3 is 0 Å². The Bertz CT molecular complexity index is 531. The van der Waals surface area contributed by atoms with Crippen molar-refractivity contribution in [3.63, 3.8) is 0 Å². The number of carbonyl (C=O) groups excluding carboxylic acids is 1. The number of benzene rings is 1. The molecule has 0 spiro atoms. The number of nitrogens with zero attached hydrogens (tertiary/aromatic N) is 1. The predicted octanol–water partition coefficient (Wildman–Crippen LogP) is 2.25. The zero-order valence-electron chi connectivity index (χ0n) is 12.2. The predicted molar refractivity (Wildman–Crippen MR) is 78.7 cm³/mol. The molecule has 0 bridgehead atoms. The first kappa shape index (κ1) is 16.2. The van der Waals surface area contributed by atoms with Gasteiger partial charge in [-0.25, -0.2) is 4.39 Å². The van der Waals surface area contributed by atoms with Crippen LogP contribution in [0.25, 0.3) is 0 Å². The summed E-state index contributed by atoms with van der Waals surface area (Å²) >= 11 is 0. The van der Waals surface area contributed by atoms with Crippen molar-refractivity contribution in [1.29, 1.82) is 0 Å².